The molecule has 0 fully saturated rings. The number of aromatic nitrogens is 4. The maximum absolute atomic E-state index is 4.34. The summed E-state index contributed by atoms with van der Waals surface area (Å²) < 4.78 is 0. The Morgan fingerprint density at radius 1 is 0.778 bits per heavy atom. The van der Waals surface area contributed by atoms with Crippen molar-refractivity contribution < 1.29 is 0 Å². The molecule has 0 saturated heterocycles. The summed E-state index contributed by atoms with van der Waals surface area (Å²) in [6.07, 6.45) is 5.37. The Morgan fingerprint density at radius 3 is 2.11 bits per heavy atom. The Labute approximate surface area is 162 Å². The van der Waals surface area contributed by atoms with Crippen LogP contribution in [-0.4, -0.2) is 20.2 Å². The van der Waals surface area contributed by atoms with Crippen LogP contribution in [0, 0.1) is 0 Å². The van der Waals surface area contributed by atoms with Crippen LogP contribution >= 0.6 is 0 Å². The molecular weight excluding hydrogens is 332 g/mol. The lowest BCUT2D eigenvalue weighted by molar-refractivity contribution is 0.872. The summed E-state index contributed by atoms with van der Waals surface area (Å²) in [5.41, 5.74) is 5.77. The summed E-state index contributed by atoms with van der Waals surface area (Å²) in [5, 5.41) is 8.23. The highest BCUT2D eigenvalue weighted by atomic mass is 15.1. The minimum Gasteiger partial charge on any atom is -0.278 e. The van der Waals surface area contributed by atoms with Crippen molar-refractivity contribution in [3.63, 3.8) is 0 Å². The number of para-hydroxylation sites is 1. The SMILES string of the molecule is CC.CC(C)c1cccc2[nH]ncc12.CC(C)c1cccc2nccnc12. The van der Waals surface area contributed by atoms with Crippen molar-refractivity contribution in [2.24, 2.45) is 0 Å². The van der Waals surface area contributed by atoms with Gasteiger partial charge in [0.05, 0.1) is 22.7 Å². The molecule has 4 aromatic rings. The topological polar surface area (TPSA) is 54.5 Å². The number of nitrogens with zero attached hydrogens (tertiary/aromatic N) is 3. The fourth-order valence-electron chi connectivity index (χ4n) is 2.98. The van der Waals surface area contributed by atoms with Gasteiger partial charge >= 0.3 is 0 Å². The lowest BCUT2D eigenvalue weighted by Crippen LogP contribution is -1.92. The maximum atomic E-state index is 4.34. The molecule has 142 valence electrons. The molecule has 0 aliphatic carbocycles. The predicted molar refractivity (Wildman–Crippen MR) is 115 cm³/mol. The van der Waals surface area contributed by atoms with E-state index in [2.05, 4.69) is 66.1 Å². The van der Waals surface area contributed by atoms with Crippen LogP contribution in [0.5, 0.6) is 0 Å². The maximum Gasteiger partial charge on any atom is 0.0921 e. The van der Waals surface area contributed by atoms with Crippen LogP contribution < -0.4 is 0 Å². The highest BCUT2D eigenvalue weighted by molar-refractivity contribution is 5.82. The zero-order valence-corrected chi connectivity index (χ0v) is 17.2. The van der Waals surface area contributed by atoms with E-state index in [-0.39, 0.29) is 0 Å². The number of aromatic amines is 1. The quantitative estimate of drug-likeness (QED) is 0.445. The third-order valence-corrected chi connectivity index (χ3v) is 4.29. The Balaban J connectivity index is 0.000000178. The fraction of sp³-hybridized carbons (Fsp3) is 0.348. The molecule has 4 heteroatoms. The molecule has 2 aromatic heterocycles. The number of hydrogen-bond acceptors (Lipinski definition) is 3. The molecule has 0 aliphatic rings. The third kappa shape index (κ3) is 4.91. The van der Waals surface area contributed by atoms with Gasteiger partial charge in [0.25, 0.3) is 0 Å². The van der Waals surface area contributed by atoms with Gasteiger partial charge in [0.1, 0.15) is 0 Å². The second-order valence-corrected chi connectivity index (χ2v) is 6.76. The summed E-state index contributed by atoms with van der Waals surface area (Å²) in [6, 6.07) is 12.4. The molecule has 1 N–H and O–H groups in total. The minimum absolute atomic E-state index is 0.500. The van der Waals surface area contributed by atoms with Crippen LogP contribution in [0.4, 0.5) is 0 Å². The van der Waals surface area contributed by atoms with Gasteiger partial charge in [-0.05, 0) is 35.1 Å². The minimum atomic E-state index is 0.500. The highest BCUT2D eigenvalue weighted by Crippen LogP contribution is 2.23. The van der Waals surface area contributed by atoms with Crippen LogP contribution in [-0.2, 0) is 0 Å². The van der Waals surface area contributed by atoms with E-state index in [4.69, 9.17) is 0 Å². The van der Waals surface area contributed by atoms with Crippen LogP contribution in [0.1, 0.15) is 64.5 Å². The molecule has 0 spiro atoms. The predicted octanol–water partition coefficient (Wildman–Crippen LogP) is 6.47. The highest BCUT2D eigenvalue weighted by Gasteiger charge is 2.05. The Hall–Kier alpha value is -2.75. The van der Waals surface area contributed by atoms with Crippen molar-refractivity contribution in [1.82, 2.24) is 20.2 Å². The first kappa shape index (κ1) is 20.6. The lowest BCUT2D eigenvalue weighted by Gasteiger charge is -2.07. The van der Waals surface area contributed by atoms with Gasteiger partial charge in [-0.3, -0.25) is 15.1 Å². The van der Waals surface area contributed by atoms with Crippen molar-refractivity contribution in [2.45, 2.75) is 53.4 Å². The van der Waals surface area contributed by atoms with Crippen molar-refractivity contribution >= 4 is 21.9 Å². The average Bonchev–Trinajstić information content (AvgIpc) is 3.18. The van der Waals surface area contributed by atoms with Gasteiger partial charge in [-0.1, -0.05) is 65.8 Å². The summed E-state index contributed by atoms with van der Waals surface area (Å²) in [4.78, 5) is 8.60. The Morgan fingerprint density at radius 2 is 1.41 bits per heavy atom. The van der Waals surface area contributed by atoms with E-state index in [1.54, 1.807) is 12.4 Å². The van der Waals surface area contributed by atoms with Crippen molar-refractivity contribution in [3.05, 3.63) is 66.1 Å². The van der Waals surface area contributed by atoms with Gasteiger partial charge in [-0.2, -0.15) is 5.10 Å². The second kappa shape index (κ2) is 9.81. The molecule has 0 saturated carbocycles. The number of hydrogen-bond donors (Lipinski definition) is 1. The molecule has 0 radical (unpaired) electrons. The van der Waals surface area contributed by atoms with Gasteiger partial charge in [0.15, 0.2) is 0 Å². The molecular formula is C23H30N4. The monoisotopic (exact) mass is 362 g/mol. The Kier molecular flexibility index (Phi) is 7.47. The van der Waals surface area contributed by atoms with E-state index in [9.17, 15) is 0 Å². The molecule has 0 bridgehead atoms. The number of fused-ring (bicyclic) bond motifs is 2. The van der Waals surface area contributed by atoms with Crippen molar-refractivity contribution in [3.8, 4) is 0 Å². The van der Waals surface area contributed by atoms with Crippen molar-refractivity contribution in [2.75, 3.05) is 0 Å². The van der Waals surface area contributed by atoms with E-state index in [0.717, 1.165) is 16.6 Å². The number of rotatable bonds is 2. The van der Waals surface area contributed by atoms with Crippen LogP contribution in [0.3, 0.4) is 0 Å². The average molecular weight is 363 g/mol. The summed E-state index contributed by atoms with van der Waals surface area (Å²) in [5.74, 6) is 1.06. The third-order valence-electron chi connectivity index (χ3n) is 4.29. The zero-order chi connectivity index (χ0) is 19.8. The molecule has 0 atom stereocenters. The van der Waals surface area contributed by atoms with E-state index in [1.165, 1.54) is 16.5 Å². The molecule has 2 heterocycles. The molecule has 2 aromatic carbocycles. The first-order valence-corrected chi connectivity index (χ1v) is 9.69. The molecule has 4 rings (SSSR count). The normalized spacial score (nSPS) is 10.5. The van der Waals surface area contributed by atoms with Gasteiger partial charge < -0.3 is 0 Å². The van der Waals surface area contributed by atoms with E-state index in [0.29, 0.717) is 11.8 Å². The van der Waals surface area contributed by atoms with Gasteiger partial charge in [0.2, 0.25) is 0 Å². The largest absolute Gasteiger partial charge is 0.278 e. The van der Waals surface area contributed by atoms with Gasteiger partial charge in [-0.15, -0.1) is 0 Å². The zero-order valence-electron chi connectivity index (χ0n) is 17.2. The summed E-state index contributed by atoms with van der Waals surface area (Å²) in [6.45, 7) is 12.7. The Bertz CT molecular complexity index is 965. The van der Waals surface area contributed by atoms with Crippen molar-refractivity contribution in [1.29, 1.82) is 0 Å². The first-order chi connectivity index (χ1) is 13.1. The molecule has 0 aliphatic heterocycles. The van der Waals surface area contributed by atoms with E-state index in [1.807, 2.05) is 38.2 Å². The van der Waals surface area contributed by atoms with Gasteiger partial charge in [0, 0.05) is 17.8 Å². The van der Waals surface area contributed by atoms with Gasteiger partial charge in [-0.25, -0.2) is 0 Å². The lowest BCUT2D eigenvalue weighted by atomic mass is 10.00. The summed E-state index contributed by atoms with van der Waals surface area (Å²) >= 11 is 0. The van der Waals surface area contributed by atoms with Crippen LogP contribution in [0.2, 0.25) is 0 Å². The fourth-order valence-corrected chi connectivity index (χ4v) is 2.98. The molecule has 27 heavy (non-hydrogen) atoms. The first-order valence-electron chi connectivity index (χ1n) is 9.69. The molecule has 0 amide bonds. The second-order valence-electron chi connectivity index (χ2n) is 6.76. The van der Waals surface area contributed by atoms with Crippen LogP contribution in [0.15, 0.2) is 55.0 Å². The number of nitrogens with one attached hydrogen (secondary N) is 1. The smallest absolute Gasteiger partial charge is 0.0921 e. The molecule has 0 unspecified atom stereocenters. The van der Waals surface area contributed by atoms with E-state index >= 15 is 0 Å². The summed E-state index contributed by atoms with van der Waals surface area (Å²) in [7, 11) is 0. The van der Waals surface area contributed by atoms with Crippen LogP contribution in [0.25, 0.3) is 21.9 Å². The molecule has 4 nitrogen and oxygen atoms in total. The standard InChI is InChI=1S/C11H12N2.C10H12N2.C2H6/c1-8(2)9-4-3-5-10-11(9)13-7-6-12-10;1-7(2)8-4-3-5-10-9(8)6-11-12-10;1-2/h3-8H,1-2H3;3-7H,1-2H3,(H,11,12);1-2H3. The van der Waals surface area contributed by atoms with E-state index < -0.39 is 0 Å². The number of H-pyrrole nitrogens is 1. The number of benzene rings is 2.